The Kier molecular flexibility index (Phi) is 4.30. The van der Waals surface area contributed by atoms with Crippen LogP contribution in [0, 0.1) is 0 Å². The summed E-state index contributed by atoms with van der Waals surface area (Å²) in [7, 11) is 1.60. The first kappa shape index (κ1) is 13.3. The van der Waals surface area contributed by atoms with Gasteiger partial charge in [0, 0.05) is 13.5 Å². The smallest absolute Gasteiger partial charge is 0.287 e. The van der Waals surface area contributed by atoms with E-state index in [0.29, 0.717) is 24.7 Å². The van der Waals surface area contributed by atoms with Crippen LogP contribution in [0.4, 0.5) is 0 Å². The molecule has 0 aromatic carbocycles. The van der Waals surface area contributed by atoms with Crippen molar-refractivity contribution in [3.8, 4) is 0 Å². The lowest BCUT2D eigenvalue weighted by Gasteiger charge is -2.07. The Morgan fingerprint density at radius 2 is 2.42 bits per heavy atom. The molecule has 1 N–H and O–H groups in total. The molecule has 0 saturated heterocycles. The van der Waals surface area contributed by atoms with Crippen LogP contribution in [0.15, 0.2) is 27.3 Å². The number of carbonyl (C=O) groups is 1. The molecule has 102 valence electrons. The number of amides is 1. The van der Waals surface area contributed by atoms with Crippen molar-refractivity contribution in [2.75, 3.05) is 13.7 Å². The van der Waals surface area contributed by atoms with Gasteiger partial charge in [0.2, 0.25) is 5.89 Å². The minimum Gasteiger partial charge on any atom is -0.459 e. The van der Waals surface area contributed by atoms with Crippen LogP contribution in [0.5, 0.6) is 0 Å². The maximum Gasteiger partial charge on any atom is 0.287 e. The molecule has 0 saturated carbocycles. The molecular formula is C12H15N3O4. The van der Waals surface area contributed by atoms with Crippen LogP contribution in [0.1, 0.15) is 35.2 Å². The van der Waals surface area contributed by atoms with Crippen molar-refractivity contribution in [3.05, 3.63) is 35.9 Å². The normalized spacial score (nSPS) is 12.3. The highest BCUT2D eigenvalue weighted by Gasteiger charge is 2.18. The second-order valence-electron chi connectivity index (χ2n) is 3.96. The summed E-state index contributed by atoms with van der Waals surface area (Å²) in [6, 6.07) is 2.84. The minimum absolute atomic E-state index is 0.242. The molecule has 7 nitrogen and oxygen atoms in total. The first-order chi connectivity index (χ1) is 9.20. The average Bonchev–Trinajstić information content (AvgIpc) is 3.07. The summed E-state index contributed by atoms with van der Waals surface area (Å²) < 4.78 is 15.0. The summed E-state index contributed by atoms with van der Waals surface area (Å²) in [4.78, 5) is 15.9. The van der Waals surface area contributed by atoms with Gasteiger partial charge in [-0.1, -0.05) is 5.16 Å². The van der Waals surface area contributed by atoms with Crippen molar-refractivity contribution >= 4 is 5.91 Å². The molecule has 0 aliphatic heterocycles. The van der Waals surface area contributed by atoms with E-state index in [1.807, 2.05) is 0 Å². The van der Waals surface area contributed by atoms with Crippen molar-refractivity contribution in [2.24, 2.45) is 0 Å². The van der Waals surface area contributed by atoms with Gasteiger partial charge in [0.05, 0.1) is 12.9 Å². The molecule has 7 heteroatoms. The topological polar surface area (TPSA) is 90.4 Å². The molecule has 0 aliphatic carbocycles. The third-order valence-electron chi connectivity index (χ3n) is 2.48. The lowest BCUT2D eigenvalue weighted by molar-refractivity contribution is 0.0904. The number of methoxy groups -OCH3 is 1. The standard InChI is InChI=1S/C12H15N3O4/c1-8(13-11(16)9-4-3-6-18-9)12-14-10(15-19-12)5-7-17-2/h3-4,6,8H,5,7H2,1-2H3,(H,13,16). The molecule has 1 unspecified atom stereocenters. The molecule has 2 heterocycles. The second kappa shape index (κ2) is 6.14. The molecule has 19 heavy (non-hydrogen) atoms. The van der Waals surface area contributed by atoms with Crippen LogP contribution >= 0.6 is 0 Å². The van der Waals surface area contributed by atoms with Gasteiger partial charge < -0.3 is 19.0 Å². The van der Waals surface area contributed by atoms with Gasteiger partial charge in [0.15, 0.2) is 11.6 Å². The molecule has 0 aliphatic rings. The Labute approximate surface area is 109 Å². The molecule has 2 aromatic heterocycles. The molecular weight excluding hydrogens is 250 g/mol. The average molecular weight is 265 g/mol. The molecule has 2 aromatic rings. The Hall–Kier alpha value is -2.15. The largest absolute Gasteiger partial charge is 0.459 e. The lowest BCUT2D eigenvalue weighted by Crippen LogP contribution is -2.26. The number of carbonyl (C=O) groups excluding carboxylic acids is 1. The number of ether oxygens (including phenoxy) is 1. The highest BCUT2D eigenvalue weighted by molar-refractivity contribution is 5.91. The predicted octanol–water partition coefficient (Wildman–Crippen LogP) is 1.34. The van der Waals surface area contributed by atoms with Gasteiger partial charge in [0.1, 0.15) is 6.04 Å². The quantitative estimate of drug-likeness (QED) is 0.847. The van der Waals surface area contributed by atoms with E-state index in [-0.39, 0.29) is 17.7 Å². The number of hydrogen-bond acceptors (Lipinski definition) is 6. The van der Waals surface area contributed by atoms with Crippen LogP contribution in [0.3, 0.4) is 0 Å². The van der Waals surface area contributed by atoms with Crippen LogP contribution in [0.2, 0.25) is 0 Å². The maximum absolute atomic E-state index is 11.8. The monoisotopic (exact) mass is 265 g/mol. The fourth-order valence-electron chi connectivity index (χ4n) is 1.48. The van der Waals surface area contributed by atoms with Crippen LogP contribution in [0.25, 0.3) is 0 Å². The fraction of sp³-hybridized carbons (Fsp3) is 0.417. The zero-order valence-electron chi connectivity index (χ0n) is 10.8. The van der Waals surface area contributed by atoms with E-state index in [1.165, 1.54) is 6.26 Å². The number of aromatic nitrogens is 2. The summed E-state index contributed by atoms with van der Waals surface area (Å²) in [6.45, 7) is 2.28. The van der Waals surface area contributed by atoms with Gasteiger partial charge in [-0.3, -0.25) is 4.79 Å². The number of hydrogen-bond donors (Lipinski definition) is 1. The van der Waals surface area contributed by atoms with Crippen molar-refractivity contribution in [1.29, 1.82) is 0 Å². The van der Waals surface area contributed by atoms with Crippen LogP contribution in [-0.4, -0.2) is 29.8 Å². The summed E-state index contributed by atoms with van der Waals surface area (Å²) in [5.41, 5.74) is 0. The molecule has 2 rings (SSSR count). The molecule has 0 bridgehead atoms. The number of furan rings is 1. The van der Waals surface area contributed by atoms with Crippen molar-refractivity contribution in [3.63, 3.8) is 0 Å². The van der Waals surface area contributed by atoms with E-state index < -0.39 is 0 Å². The van der Waals surface area contributed by atoms with E-state index in [4.69, 9.17) is 13.7 Å². The number of nitrogens with zero attached hydrogens (tertiary/aromatic N) is 2. The van der Waals surface area contributed by atoms with E-state index in [9.17, 15) is 4.79 Å². The van der Waals surface area contributed by atoms with E-state index in [2.05, 4.69) is 15.5 Å². The number of rotatable bonds is 6. The van der Waals surface area contributed by atoms with Gasteiger partial charge in [-0.25, -0.2) is 0 Å². The first-order valence-corrected chi connectivity index (χ1v) is 5.86. The zero-order chi connectivity index (χ0) is 13.7. The van der Waals surface area contributed by atoms with Gasteiger partial charge in [-0.05, 0) is 19.1 Å². The maximum atomic E-state index is 11.8. The first-order valence-electron chi connectivity index (χ1n) is 5.86. The molecule has 0 spiro atoms. The van der Waals surface area contributed by atoms with E-state index in [0.717, 1.165) is 0 Å². The Balaban J connectivity index is 1.94. The third-order valence-corrected chi connectivity index (χ3v) is 2.48. The molecule has 0 fully saturated rings. The number of nitrogens with one attached hydrogen (secondary N) is 1. The Morgan fingerprint density at radius 3 is 3.11 bits per heavy atom. The third kappa shape index (κ3) is 3.41. The summed E-state index contributed by atoms with van der Waals surface area (Å²) in [5, 5.41) is 6.51. The summed E-state index contributed by atoms with van der Waals surface area (Å²) in [6.07, 6.45) is 2.01. The SMILES string of the molecule is COCCc1noc(C(C)NC(=O)c2ccco2)n1. The van der Waals surface area contributed by atoms with Gasteiger partial charge in [-0.2, -0.15) is 4.98 Å². The molecule has 0 radical (unpaired) electrons. The summed E-state index contributed by atoms with van der Waals surface area (Å²) >= 11 is 0. The zero-order valence-corrected chi connectivity index (χ0v) is 10.8. The molecule has 1 atom stereocenters. The van der Waals surface area contributed by atoms with Crippen molar-refractivity contribution in [2.45, 2.75) is 19.4 Å². The van der Waals surface area contributed by atoms with Gasteiger partial charge in [-0.15, -0.1) is 0 Å². The Morgan fingerprint density at radius 1 is 1.58 bits per heavy atom. The lowest BCUT2D eigenvalue weighted by atomic mass is 10.3. The van der Waals surface area contributed by atoms with Crippen LogP contribution in [-0.2, 0) is 11.2 Å². The predicted molar refractivity (Wildman–Crippen MR) is 64.5 cm³/mol. The summed E-state index contributed by atoms with van der Waals surface area (Å²) in [5.74, 6) is 0.821. The highest BCUT2D eigenvalue weighted by Crippen LogP contribution is 2.11. The second-order valence-corrected chi connectivity index (χ2v) is 3.96. The molecule has 1 amide bonds. The van der Waals surface area contributed by atoms with Crippen molar-refractivity contribution < 1.29 is 18.5 Å². The minimum atomic E-state index is -0.388. The highest BCUT2D eigenvalue weighted by atomic mass is 16.5. The van der Waals surface area contributed by atoms with E-state index in [1.54, 1.807) is 26.2 Å². The van der Waals surface area contributed by atoms with Crippen molar-refractivity contribution in [1.82, 2.24) is 15.5 Å². The van der Waals surface area contributed by atoms with Crippen LogP contribution < -0.4 is 5.32 Å². The van der Waals surface area contributed by atoms with E-state index >= 15 is 0 Å². The Bertz CT molecular complexity index is 521. The van der Waals surface area contributed by atoms with Gasteiger partial charge in [0.25, 0.3) is 5.91 Å². The van der Waals surface area contributed by atoms with Gasteiger partial charge >= 0.3 is 0 Å². The fourth-order valence-corrected chi connectivity index (χ4v) is 1.48.